The van der Waals surface area contributed by atoms with E-state index in [9.17, 15) is 19.5 Å². The number of carbonyl (C=O) groups excluding carboxylic acids is 3. The molecule has 1 aliphatic heterocycles. The Morgan fingerprint density at radius 2 is 1.53 bits per heavy atom. The van der Waals surface area contributed by atoms with Gasteiger partial charge in [0.05, 0.1) is 0 Å². The van der Waals surface area contributed by atoms with Gasteiger partial charge in [-0.3, -0.25) is 4.79 Å². The van der Waals surface area contributed by atoms with Crippen LogP contribution < -0.4 is 11.5 Å². The van der Waals surface area contributed by atoms with E-state index in [1.165, 1.54) is 11.8 Å². The van der Waals surface area contributed by atoms with E-state index in [1.807, 2.05) is 0 Å². The molecule has 0 aliphatic carbocycles. The molecule has 2 aromatic rings. The third-order valence-corrected chi connectivity index (χ3v) is 6.47. The molecule has 3 rings (SSSR count). The normalized spacial score (nSPS) is 15.8. The second-order valence-electron chi connectivity index (χ2n) is 9.31. The van der Waals surface area contributed by atoms with Crippen molar-refractivity contribution in [3.05, 3.63) is 71.8 Å². The summed E-state index contributed by atoms with van der Waals surface area (Å²) in [5.41, 5.74) is 10.1. The highest BCUT2D eigenvalue weighted by molar-refractivity contribution is 5.85. The number of nitrogens with two attached hydrogens (primary N) is 2. The molecule has 1 fully saturated rings. The predicted molar refractivity (Wildman–Crippen MR) is 139 cm³/mol. The van der Waals surface area contributed by atoms with Gasteiger partial charge in [-0.1, -0.05) is 67.1 Å². The number of hydrogen-bond donors (Lipinski definition) is 3. The van der Waals surface area contributed by atoms with Crippen molar-refractivity contribution in [3.8, 4) is 0 Å². The van der Waals surface area contributed by atoms with Gasteiger partial charge in [0.25, 0.3) is 0 Å². The number of ether oxygens (including phenoxy) is 3. The van der Waals surface area contributed by atoms with Crippen LogP contribution in [0.3, 0.4) is 0 Å². The van der Waals surface area contributed by atoms with Gasteiger partial charge in [0.1, 0.15) is 12.1 Å². The third-order valence-electron chi connectivity index (χ3n) is 6.47. The number of hydrogen-bond acceptors (Lipinski definition) is 9. The zero-order chi connectivity index (χ0) is 27.5. The Balaban J connectivity index is 1.51. The summed E-state index contributed by atoms with van der Waals surface area (Å²) in [7, 11) is 0. The van der Waals surface area contributed by atoms with Crippen LogP contribution in [0.25, 0.3) is 0 Å². The molecule has 1 amide bonds. The molecular weight excluding hydrogens is 490 g/mol. The first-order chi connectivity index (χ1) is 18.3. The van der Waals surface area contributed by atoms with E-state index >= 15 is 0 Å². The van der Waals surface area contributed by atoms with Crippen molar-refractivity contribution in [1.82, 2.24) is 4.90 Å². The second kappa shape index (κ2) is 13.9. The lowest BCUT2D eigenvalue weighted by atomic mass is 9.86. The van der Waals surface area contributed by atoms with Crippen LogP contribution in [0.5, 0.6) is 0 Å². The molecule has 2 aromatic carbocycles. The number of unbranched alkanes of at least 4 members (excludes halogenated alkanes) is 1. The topological polar surface area (TPSA) is 154 Å². The van der Waals surface area contributed by atoms with Crippen LogP contribution in [0, 0.1) is 0 Å². The van der Waals surface area contributed by atoms with Crippen LogP contribution in [0.2, 0.25) is 0 Å². The Hall–Kier alpha value is -3.47. The average molecular weight is 528 g/mol. The molecular formula is C28H37N3O7. The Morgan fingerprint density at radius 3 is 2.05 bits per heavy atom. The summed E-state index contributed by atoms with van der Waals surface area (Å²) in [6.07, 6.45) is 0.388. The van der Waals surface area contributed by atoms with Crippen LogP contribution in [-0.4, -0.2) is 66.1 Å². The lowest BCUT2D eigenvalue weighted by Gasteiger charge is -2.34. The zero-order valence-corrected chi connectivity index (χ0v) is 21.7. The van der Waals surface area contributed by atoms with E-state index in [1.54, 1.807) is 60.7 Å². The number of likely N-dealkylation sites (tertiary alicyclic amines) is 1. The van der Waals surface area contributed by atoms with Gasteiger partial charge < -0.3 is 35.7 Å². The number of carbonyl (C=O) groups is 3. The first-order valence-electron chi connectivity index (χ1n) is 12.9. The summed E-state index contributed by atoms with van der Waals surface area (Å²) in [4.78, 5) is 39.4. The molecule has 1 saturated heterocycles. The van der Waals surface area contributed by atoms with Crippen LogP contribution >= 0.6 is 0 Å². The maximum Gasteiger partial charge on any atom is 0.412 e. The van der Waals surface area contributed by atoms with Gasteiger partial charge in [0.2, 0.25) is 11.9 Å². The van der Waals surface area contributed by atoms with Gasteiger partial charge in [0.15, 0.2) is 0 Å². The quantitative estimate of drug-likeness (QED) is 0.227. The lowest BCUT2D eigenvalue weighted by Crippen LogP contribution is -2.46. The largest absolute Gasteiger partial charge is 0.460 e. The highest BCUT2D eigenvalue weighted by Crippen LogP contribution is 2.32. The molecule has 38 heavy (non-hydrogen) atoms. The molecule has 2 atom stereocenters. The van der Waals surface area contributed by atoms with Crippen molar-refractivity contribution in [2.24, 2.45) is 11.5 Å². The van der Waals surface area contributed by atoms with Crippen molar-refractivity contribution in [2.75, 3.05) is 19.6 Å². The van der Waals surface area contributed by atoms with Gasteiger partial charge in [0, 0.05) is 32.9 Å². The third kappa shape index (κ3) is 7.53. The monoisotopic (exact) mass is 527 g/mol. The molecule has 0 radical (unpaired) electrons. The lowest BCUT2D eigenvalue weighted by molar-refractivity contribution is -0.170. The molecule has 10 heteroatoms. The Morgan fingerprint density at radius 1 is 0.974 bits per heavy atom. The van der Waals surface area contributed by atoms with Crippen LogP contribution in [0.4, 0.5) is 4.79 Å². The number of esters is 2. The van der Waals surface area contributed by atoms with Crippen molar-refractivity contribution in [1.29, 1.82) is 0 Å². The minimum Gasteiger partial charge on any atom is -0.460 e. The molecule has 1 unspecified atom stereocenters. The molecule has 0 bridgehead atoms. The van der Waals surface area contributed by atoms with Crippen molar-refractivity contribution in [3.63, 3.8) is 0 Å². The molecule has 0 saturated carbocycles. The number of piperidine rings is 1. The molecule has 10 nitrogen and oxygen atoms in total. The zero-order valence-electron chi connectivity index (χ0n) is 21.7. The maximum absolute atomic E-state index is 13.3. The number of rotatable bonds is 11. The average Bonchev–Trinajstić information content (AvgIpc) is 2.93. The summed E-state index contributed by atoms with van der Waals surface area (Å²) >= 11 is 0. The highest BCUT2D eigenvalue weighted by atomic mass is 16.7. The fourth-order valence-corrected chi connectivity index (χ4v) is 4.27. The van der Waals surface area contributed by atoms with E-state index in [0.29, 0.717) is 43.4 Å². The Bertz CT molecular complexity index is 1000. The van der Waals surface area contributed by atoms with Crippen molar-refractivity contribution < 1.29 is 33.7 Å². The number of amides is 1. The minimum atomic E-state index is -1.97. The first kappa shape index (κ1) is 29.1. The summed E-state index contributed by atoms with van der Waals surface area (Å²) in [6.45, 7) is 2.51. The van der Waals surface area contributed by atoms with Crippen LogP contribution in [0.1, 0.15) is 50.2 Å². The molecule has 0 aromatic heterocycles. The van der Waals surface area contributed by atoms with E-state index in [0.717, 1.165) is 6.42 Å². The Kier molecular flexibility index (Phi) is 10.6. The number of aliphatic hydroxyl groups is 1. The summed E-state index contributed by atoms with van der Waals surface area (Å²) < 4.78 is 16.1. The van der Waals surface area contributed by atoms with Gasteiger partial charge in [-0.15, -0.1) is 0 Å². The summed E-state index contributed by atoms with van der Waals surface area (Å²) in [5.74, 6) is -1.42. The van der Waals surface area contributed by atoms with Crippen LogP contribution in [-0.2, 0) is 29.4 Å². The summed E-state index contributed by atoms with van der Waals surface area (Å²) in [6, 6.07) is 16.5. The number of nitrogens with zero attached hydrogens (tertiary/aromatic N) is 1. The molecule has 0 spiro atoms. The number of benzene rings is 2. The first-order valence-corrected chi connectivity index (χ1v) is 12.9. The minimum absolute atomic E-state index is 0.269. The molecule has 206 valence electrons. The maximum atomic E-state index is 13.3. The van der Waals surface area contributed by atoms with Crippen molar-refractivity contribution >= 4 is 18.0 Å². The molecule has 5 N–H and O–H groups in total. The fourth-order valence-electron chi connectivity index (χ4n) is 4.27. The van der Waals surface area contributed by atoms with Crippen molar-refractivity contribution in [2.45, 2.75) is 63.1 Å². The predicted octanol–water partition coefficient (Wildman–Crippen LogP) is 2.41. The van der Waals surface area contributed by atoms with Crippen LogP contribution in [0.15, 0.2) is 60.7 Å². The smallest absolute Gasteiger partial charge is 0.412 e. The highest BCUT2D eigenvalue weighted by Gasteiger charge is 2.43. The SMILES string of the molecule is CC(OC(=O)[C@@H](N)CCCCN)OC(=O)N1CCC(OC(=O)C(O)(c2ccccc2)c2ccccc2)CC1. The molecule has 1 aliphatic rings. The second-order valence-corrected chi connectivity index (χ2v) is 9.31. The Labute approximate surface area is 222 Å². The van der Waals surface area contributed by atoms with Gasteiger partial charge in [-0.2, -0.15) is 0 Å². The van der Waals surface area contributed by atoms with E-state index in [4.69, 9.17) is 25.7 Å². The van der Waals surface area contributed by atoms with Gasteiger partial charge >= 0.3 is 18.0 Å². The molecule has 1 heterocycles. The van der Waals surface area contributed by atoms with Gasteiger partial charge in [-0.05, 0) is 30.5 Å². The summed E-state index contributed by atoms with van der Waals surface area (Å²) in [5, 5.41) is 11.5. The standard InChI is InChI=1S/C28H37N3O7/c1-20(36-25(32)24(30)14-8-9-17-29)37-27(34)31-18-15-23(16-19-31)38-26(33)28(35,21-10-4-2-5-11-21)22-12-6-3-7-13-22/h2-7,10-13,20,23-24,35H,8-9,14-19,29-30H2,1H3/t20?,24-/m0/s1. The fraction of sp³-hybridized carbons (Fsp3) is 0.464. The van der Waals surface area contributed by atoms with E-state index < -0.39 is 42.1 Å². The van der Waals surface area contributed by atoms with E-state index in [2.05, 4.69) is 0 Å². The van der Waals surface area contributed by atoms with Gasteiger partial charge in [-0.25, -0.2) is 9.59 Å². The van der Waals surface area contributed by atoms with E-state index in [-0.39, 0.29) is 13.1 Å².